The first-order valence-electron chi connectivity index (χ1n) is 2.83. The SMILES string of the molecule is Nc1sc(Cl)cc1COC=O. The zero-order valence-electron chi connectivity index (χ0n) is 5.54. The van der Waals surface area contributed by atoms with Gasteiger partial charge >= 0.3 is 0 Å². The quantitative estimate of drug-likeness (QED) is 0.740. The third-order valence-electron chi connectivity index (χ3n) is 1.12. The lowest BCUT2D eigenvalue weighted by molar-refractivity contribution is -0.129. The first kappa shape index (κ1) is 8.36. The first-order valence-corrected chi connectivity index (χ1v) is 4.02. The maximum Gasteiger partial charge on any atom is 0.293 e. The fraction of sp³-hybridized carbons (Fsp3) is 0.167. The molecule has 0 atom stereocenters. The highest BCUT2D eigenvalue weighted by molar-refractivity contribution is 7.19. The lowest BCUT2D eigenvalue weighted by atomic mass is 10.3. The standard InChI is InChI=1S/C6H6ClNO2S/c7-5-1-4(2-10-3-9)6(8)11-5/h1,3H,2,8H2. The highest BCUT2D eigenvalue weighted by Gasteiger charge is 2.03. The molecule has 2 N–H and O–H groups in total. The minimum Gasteiger partial charge on any atom is -0.463 e. The summed E-state index contributed by atoms with van der Waals surface area (Å²) in [7, 11) is 0. The number of hydrogen-bond donors (Lipinski definition) is 1. The lowest BCUT2D eigenvalue weighted by Crippen LogP contribution is -1.91. The average molecular weight is 192 g/mol. The molecule has 0 saturated heterocycles. The van der Waals surface area contributed by atoms with E-state index in [0.717, 1.165) is 5.56 Å². The molecule has 1 heterocycles. The molecule has 0 amide bonds. The first-order chi connectivity index (χ1) is 5.24. The Morgan fingerprint density at radius 2 is 2.55 bits per heavy atom. The van der Waals surface area contributed by atoms with E-state index in [0.29, 0.717) is 15.8 Å². The molecule has 1 rings (SSSR count). The number of rotatable bonds is 3. The average Bonchev–Trinajstić information content (AvgIpc) is 2.26. The van der Waals surface area contributed by atoms with E-state index in [2.05, 4.69) is 4.74 Å². The second-order valence-corrected chi connectivity index (χ2v) is 3.56. The maximum absolute atomic E-state index is 9.80. The molecule has 0 fully saturated rings. The van der Waals surface area contributed by atoms with Crippen molar-refractivity contribution in [3.63, 3.8) is 0 Å². The molecule has 0 radical (unpaired) electrons. The highest BCUT2D eigenvalue weighted by Crippen LogP contribution is 2.29. The summed E-state index contributed by atoms with van der Waals surface area (Å²) in [6.45, 7) is 0.573. The molecule has 0 bridgehead atoms. The highest BCUT2D eigenvalue weighted by atomic mass is 35.5. The van der Waals surface area contributed by atoms with Gasteiger partial charge in [-0.3, -0.25) is 4.79 Å². The number of carbonyl (C=O) groups excluding carboxylic acids is 1. The number of thiophene rings is 1. The Morgan fingerprint density at radius 3 is 3.00 bits per heavy atom. The Labute approximate surface area is 72.7 Å². The number of ether oxygens (including phenoxy) is 1. The van der Waals surface area contributed by atoms with E-state index in [1.54, 1.807) is 6.07 Å². The van der Waals surface area contributed by atoms with Gasteiger partial charge in [-0.25, -0.2) is 0 Å². The van der Waals surface area contributed by atoms with Crippen molar-refractivity contribution in [2.24, 2.45) is 0 Å². The van der Waals surface area contributed by atoms with Crippen LogP contribution in [0.3, 0.4) is 0 Å². The summed E-state index contributed by atoms with van der Waals surface area (Å²) in [5.74, 6) is 0. The smallest absolute Gasteiger partial charge is 0.293 e. The predicted octanol–water partition coefficient (Wildman–Crippen LogP) is 1.66. The second kappa shape index (κ2) is 3.59. The molecule has 0 saturated carbocycles. The molecule has 11 heavy (non-hydrogen) atoms. The van der Waals surface area contributed by atoms with E-state index in [-0.39, 0.29) is 6.61 Å². The Kier molecular flexibility index (Phi) is 2.73. The summed E-state index contributed by atoms with van der Waals surface area (Å²) < 4.78 is 5.10. The van der Waals surface area contributed by atoms with Gasteiger partial charge in [-0.15, -0.1) is 11.3 Å². The van der Waals surface area contributed by atoms with E-state index < -0.39 is 0 Å². The molecule has 0 aliphatic carbocycles. The van der Waals surface area contributed by atoms with Gasteiger partial charge in [0.1, 0.15) is 6.61 Å². The van der Waals surface area contributed by atoms with E-state index in [4.69, 9.17) is 17.3 Å². The van der Waals surface area contributed by atoms with Crippen LogP contribution in [-0.4, -0.2) is 6.47 Å². The van der Waals surface area contributed by atoms with Gasteiger partial charge in [0.25, 0.3) is 6.47 Å². The van der Waals surface area contributed by atoms with Gasteiger partial charge in [0, 0.05) is 5.56 Å². The summed E-state index contributed by atoms with van der Waals surface area (Å²) in [6, 6.07) is 1.69. The van der Waals surface area contributed by atoms with Crippen LogP contribution in [0, 0.1) is 0 Å². The Morgan fingerprint density at radius 1 is 1.82 bits per heavy atom. The fourth-order valence-corrected chi connectivity index (χ4v) is 1.69. The zero-order chi connectivity index (χ0) is 8.27. The number of carbonyl (C=O) groups is 1. The van der Waals surface area contributed by atoms with Gasteiger partial charge in [-0.05, 0) is 6.07 Å². The summed E-state index contributed by atoms with van der Waals surface area (Å²) in [6.07, 6.45) is 0. The molecular weight excluding hydrogens is 186 g/mol. The van der Waals surface area contributed by atoms with Crippen molar-refractivity contribution in [3.8, 4) is 0 Å². The molecule has 0 unspecified atom stereocenters. The van der Waals surface area contributed by atoms with Crippen molar-refractivity contribution >= 4 is 34.4 Å². The van der Waals surface area contributed by atoms with Gasteiger partial charge < -0.3 is 10.5 Å². The van der Waals surface area contributed by atoms with E-state index >= 15 is 0 Å². The van der Waals surface area contributed by atoms with Crippen LogP contribution in [0.15, 0.2) is 6.07 Å². The molecule has 1 aromatic rings. The van der Waals surface area contributed by atoms with Gasteiger partial charge in [0.15, 0.2) is 0 Å². The maximum atomic E-state index is 9.80. The van der Waals surface area contributed by atoms with Gasteiger partial charge in [-0.2, -0.15) is 0 Å². The molecule has 0 spiro atoms. The van der Waals surface area contributed by atoms with Gasteiger partial charge in [-0.1, -0.05) is 11.6 Å². The summed E-state index contributed by atoms with van der Waals surface area (Å²) >= 11 is 6.91. The van der Waals surface area contributed by atoms with Crippen LogP contribution in [0.5, 0.6) is 0 Å². The molecular formula is C6H6ClNO2S. The van der Waals surface area contributed by atoms with Gasteiger partial charge in [0.05, 0.1) is 9.34 Å². The van der Waals surface area contributed by atoms with E-state index in [1.807, 2.05) is 0 Å². The second-order valence-electron chi connectivity index (χ2n) is 1.85. The minimum absolute atomic E-state index is 0.193. The largest absolute Gasteiger partial charge is 0.463 e. The van der Waals surface area contributed by atoms with Crippen molar-refractivity contribution < 1.29 is 9.53 Å². The van der Waals surface area contributed by atoms with E-state index in [9.17, 15) is 4.79 Å². The van der Waals surface area contributed by atoms with Crippen LogP contribution in [0.2, 0.25) is 4.34 Å². The van der Waals surface area contributed by atoms with Gasteiger partial charge in [0.2, 0.25) is 0 Å². The molecule has 3 nitrogen and oxygen atoms in total. The summed E-state index contributed by atoms with van der Waals surface area (Å²) in [4.78, 5) is 9.80. The minimum atomic E-state index is 0.193. The summed E-state index contributed by atoms with van der Waals surface area (Å²) in [5.41, 5.74) is 6.28. The normalized spacial score (nSPS) is 9.55. The number of halogens is 1. The molecule has 60 valence electrons. The van der Waals surface area contributed by atoms with E-state index in [1.165, 1.54) is 11.3 Å². The molecule has 0 aliphatic rings. The third-order valence-corrected chi connectivity index (χ3v) is 2.25. The van der Waals surface area contributed by atoms with Crippen LogP contribution in [0.25, 0.3) is 0 Å². The number of anilines is 1. The van der Waals surface area contributed by atoms with Crippen LogP contribution >= 0.6 is 22.9 Å². The van der Waals surface area contributed by atoms with Crippen molar-refractivity contribution in [2.45, 2.75) is 6.61 Å². The Bertz CT molecular complexity index is 261. The predicted molar refractivity (Wildman–Crippen MR) is 44.6 cm³/mol. The topological polar surface area (TPSA) is 52.3 Å². The van der Waals surface area contributed by atoms with Crippen molar-refractivity contribution in [3.05, 3.63) is 16.0 Å². The molecule has 0 aliphatic heterocycles. The van der Waals surface area contributed by atoms with Crippen molar-refractivity contribution in [2.75, 3.05) is 5.73 Å². The molecule has 5 heteroatoms. The van der Waals surface area contributed by atoms with Crippen molar-refractivity contribution in [1.29, 1.82) is 0 Å². The van der Waals surface area contributed by atoms with Crippen LogP contribution in [-0.2, 0) is 16.1 Å². The fourth-order valence-electron chi connectivity index (χ4n) is 0.645. The lowest BCUT2D eigenvalue weighted by Gasteiger charge is -1.94. The van der Waals surface area contributed by atoms with Crippen molar-refractivity contribution in [1.82, 2.24) is 0 Å². The third kappa shape index (κ3) is 2.10. The monoisotopic (exact) mass is 191 g/mol. The zero-order valence-corrected chi connectivity index (χ0v) is 7.11. The Balaban J connectivity index is 2.69. The number of hydrogen-bond acceptors (Lipinski definition) is 4. The van der Waals surface area contributed by atoms with Crippen LogP contribution in [0.4, 0.5) is 5.00 Å². The molecule has 1 aromatic heterocycles. The Hall–Kier alpha value is -0.740. The number of nitrogen functional groups attached to an aromatic ring is 1. The molecule has 0 aromatic carbocycles. The number of nitrogens with two attached hydrogens (primary N) is 1. The van der Waals surface area contributed by atoms with Crippen LogP contribution in [0.1, 0.15) is 5.56 Å². The summed E-state index contributed by atoms with van der Waals surface area (Å²) in [5, 5.41) is 0.594. The van der Waals surface area contributed by atoms with Crippen LogP contribution < -0.4 is 5.73 Å².